The number of nitrogens with zero attached hydrogens (tertiary/aromatic N) is 1. The lowest BCUT2D eigenvalue weighted by Crippen LogP contribution is -2.41. The average molecular weight is 197 g/mol. The fourth-order valence-electron chi connectivity index (χ4n) is 1.16. The van der Waals surface area contributed by atoms with Gasteiger partial charge in [-0.15, -0.1) is 0 Å². The van der Waals surface area contributed by atoms with Gasteiger partial charge in [-0.25, -0.2) is 0 Å². The highest BCUT2D eigenvalue weighted by Gasteiger charge is 2.31. The van der Waals surface area contributed by atoms with Gasteiger partial charge in [-0.2, -0.15) is 13.2 Å². The Kier molecular flexibility index (Phi) is 4.75. The zero-order chi connectivity index (χ0) is 10.6. The van der Waals surface area contributed by atoms with Crippen LogP contribution >= 0.6 is 0 Å². The van der Waals surface area contributed by atoms with Gasteiger partial charge in [0.25, 0.3) is 0 Å². The van der Waals surface area contributed by atoms with Crippen molar-refractivity contribution in [2.45, 2.75) is 39.9 Å². The minimum absolute atomic E-state index is 0.0518. The lowest BCUT2D eigenvalue weighted by atomic mass is 10.2. The van der Waals surface area contributed by atoms with Crippen molar-refractivity contribution >= 4 is 0 Å². The molecule has 0 atom stereocenters. The predicted octanol–water partition coefficient (Wildman–Crippen LogP) is 2.92. The van der Waals surface area contributed by atoms with E-state index in [0.29, 0.717) is 6.54 Å². The third-order valence-electron chi connectivity index (χ3n) is 1.71. The number of alkyl halides is 3. The molecule has 0 amide bonds. The predicted molar refractivity (Wildman–Crippen MR) is 47.6 cm³/mol. The van der Waals surface area contributed by atoms with Crippen molar-refractivity contribution in [2.24, 2.45) is 5.92 Å². The quantitative estimate of drug-likeness (QED) is 0.669. The number of hydrogen-bond acceptors (Lipinski definition) is 1. The van der Waals surface area contributed by atoms with Gasteiger partial charge in [-0.1, -0.05) is 13.8 Å². The van der Waals surface area contributed by atoms with Crippen LogP contribution in [0.4, 0.5) is 13.2 Å². The average Bonchev–Trinajstić information content (AvgIpc) is 1.81. The summed E-state index contributed by atoms with van der Waals surface area (Å²) >= 11 is 0. The van der Waals surface area contributed by atoms with Gasteiger partial charge in [0, 0.05) is 12.6 Å². The van der Waals surface area contributed by atoms with Crippen LogP contribution in [0.25, 0.3) is 0 Å². The Bertz CT molecular complexity index is 140. The van der Waals surface area contributed by atoms with Gasteiger partial charge < -0.3 is 0 Å². The maximum atomic E-state index is 12.1. The summed E-state index contributed by atoms with van der Waals surface area (Å²) in [5.74, 6) is 0.268. The van der Waals surface area contributed by atoms with Gasteiger partial charge >= 0.3 is 6.18 Å². The molecule has 4 heteroatoms. The first-order chi connectivity index (χ1) is 5.72. The highest BCUT2D eigenvalue weighted by atomic mass is 19.4. The van der Waals surface area contributed by atoms with Crippen molar-refractivity contribution in [1.29, 1.82) is 0 Å². The molecular formula is C9H18F3N. The molecule has 0 aliphatic rings. The highest BCUT2D eigenvalue weighted by Crippen LogP contribution is 2.18. The van der Waals surface area contributed by atoms with E-state index in [-0.39, 0.29) is 12.0 Å². The third kappa shape index (κ3) is 6.87. The largest absolute Gasteiger partial charge is 0.401 e. The monoisotopic (exact) mass is 197 g/mol. The van der Waals surface area contributed by atoms with Crippen molar-refractivity contribution < 1.29 is 13.2 Å². The molecule has 0 saturated heterocycles. The van der Waals surface area contributed by atoms with E-state index in [1.165, 1.54) is 4.90 Å². The molecular weight excluding hydrogens is 179 g/mol. The molecule has 0 N–H and O–H groups in total. The standard InChI is InChI=1S/C9H18F3N/c1-7(2)5-13(8(3)4)6-9(10,11)12/h7-8H,5-6H2,1-4H3. The molecule has 0 unspecified atom stereocenters. The Balaban J connectivity index is 4.11. The van der Waals surface area contributed by atoms with E-state index in [9.17, 15) is 13.2 Å². The Morgan fingerprint density at radius 1 is 1.08 bits per heavy atom. The highest BCUT2D eigenvalue weighted by molar-refractivity contribution is 4.68. The lowest BCUT2D eigenvalue weighted by molar-refractivity contribution is -0.150. The Labute approximate surface area is 77.9 Å². The summed E-state index contributed by atoms with van der Waals surface area (Å²) in [4.78, 5) is 1.45. The fourth-order valence-corrected chi connectivity index (χ4v) is 1.16. The summed E-state index contributed by atoms with van der Waals surface area (Å²) in [5, 5.41) is 0. The van der Waals surface area contributed by atoms with Crippen LogP contribution in [-0.2, 0) is 0 Å². The number of halogens is 3. The minimum atomic E-state index is -4.08. The summed E-state index contributed by atoms with van der Waals surface area (Å²) in [6.45, 7) is 7.11. The molecule has 0 heterocycles. The van der Waals surface area contributed by atoms with Crippen LogP contribution in [0.15, 0.2) is 0 Å². The van der Waals surface area contributed by atoms with E-state index in [1.54, 1.807) is 13.8 Å². The summed E-state index contributed by atoms with van der Waals surface area (Å²) < 4.78 is 36.2. The number of rotatable bonds is 4. The third-order valence-corrected chi connectivity index (χ3v) is 1.71. The Morgan fingerprint density at radius 3 is 1.77 bits per heavy atom. The van der Waals surface area contributed by atoms with Gasteiger partial charge in [0.05, 0.1) is 6.54 Å². The van der Waals surface area contributed by atoms with Gasteiger partial charge in [0.15, 0.2) is 0 Å². The summed E-state index contributed by atoms with van der Waals surface area (Å²) in [7, 11) is 0. The first-order valence-electron chi connectivity index (χ1n) is 4.53. The van der Waals surface area contributed by atoms with Crippen molar-refractivity contribution in [2.75, 3.05) is 13.1 Å². The zero-order valence-corrected chi connectivity index (χ0v) is 8.65. The molecule has 0 aromatic carbocycles. The summed E-state index contributed by atoms with van der Waals surface area (Å²) in [6.07, 6.45) is -4.08. The van der Waals surface area contributed by atoms with E-state index < -0.39 is 12.7 Å². The molecule has 13 heavy (non-hydrogen) atoms. The molecule has 80 valence electrons. The van der Waals surface area contributed by atoms with E-state index in [1.807, 2.05) is 13.8 Å². The number of hydrogen-bond donors (Lipinski definition) is 0. The van der Waals surface area contributed by atoms with Crippen LogP contribution in [0.3, 0.4) is 0 Å². The summed E-state index contributed by atoms with van der Waals surface area (Å²) in [6, 6.07) is -0.0518. The normalized spacial score (nSPS) is 13.4. The molecule has 1 nitrogen and oxygen atoms in total. The second kappa shape index (κ2) is 4.84. The Morgan fingerprint density at radius 2 is 1.54 bits per heavy atom. The van der Waals surface area contributed by atoms with Crippen LogP contribution in [0.1, 0.15) is 27.7 Å². The summed E-state index contributed by atoms with van der Waals surface area (Å²) in [5.41, 5.74) is 0. The molecule has 0 aromatic heterocycles. The molecule has 0 bridgehead atoms. The van der Waals surface area contributed by atoms with Crippen LogP contribution < -0.4 is 0 Å². The molecule has 0 spiro atoms. The smallest absolute Gasteiger partial charge is 0.292 e. The first kappa shape index (κ1) is 12.8. The van der Waals surface area contributed by atoms with Crippen molar-refractivity contribution in [3.05, 3.63) is 0 Å². The fraction of sp³-hybridized carbons (Fsp3) is 1.00. The van der Waals surface area contributed by atoms with E-state index in [0.717, 1.165) is 0 Å². The van der Waals surface area contributed by atoms with E-state index in [2.05, 4.69) is 0 Å². The molecule has 0 aliphatic carbocycles. The zero-order valence-electron chi connectivity index (χ0n) is 8.65. The van der Waals surface area contributed by atoms with Crippen molar-refractivity contribution in [1.82, 2.24) is 4.90 Å². The minimum Gasteiger partial charge on any atom is -0.292 e. The topological polar surface area (TPSA) is 3.24 Å². The second-order valence-corrected chi connectivity index (χ2v) is 4.03. The maximum absolute atomic E-state index is 12.1. The van der Waals surface area contributed by atoms with Crippen LogP contribution in [0.2, 0.25) is 0 Å². The first-order valence-corrected chi connectivity index (χ1v) is 4.53. The molecule has 0 fully saturated rings. The Hall–Kier alpha value is -0.250. The van der Waals surface area contributed by atoms with Gasteiger partial charge in [-0.3, -0.25) is 4.90 Å². The molecule has 0 aliphatic heterocycles. The molecule has 0 radical (unpaired) electrons. The van der Waals surface area contributed by atoms with Crippen molar-refractivity contribution in [3.8, 4) is 0 Å². The van der Waals surface area contributed by atoms with E-state index >= 15 is 0 Å². The van der Waals surface area contributed by atoms with Crippen LogP contribution in [-0.4, -0.2) is 30.2 Å². The maximum Gasteiger partial charge on any atom is 0.401 e. The second-order valence-electron chi connectivity index (χ2n) is 4.03. The SMILES string of the molecule is CC(C)CN(CC(F)(F)F)C(C)C. The van der Waals surface area contributed by atoms with Crippen LogP contribution in [0.5, 0.6) is 0 Å². The molecule has 0 aromatic rings. The molecule has 0 rings (SSSR count). The lowest BCUT2D eigenvalue weighted by Gasteiger charge is -2.28. The van der Waals surface area contributed by atoms with Gasteiger partial charge in [0.2, 0.25) is 0 Å². The van der Waals surface area contributed by atoms with Crippen LogP contribution in [0, 0.1) is 5.92 Å². The molecule has 0 saturated carbocycles. The van der Waals surface area contributed by atoms with E-state index in [4.69, 9.17) is 0 Å². The van der Waals surface area contributed by atoms with Gasteiger partial charge in [0.1, 0.15) is 0 Å². The van der Waals surface area contributed by atoms with Gasteiger partial charge in [-0.05, 0) is 19.8 Å². The van der Waals surface area contributed by atoms with Crippen molar-refractivity contribution in [3.63, 3.8) is 0 Å².